The fraction of sp³-hybridized carbons (Fsp3) is 0. The summed E-state index contributed by atoms with van der Waals surface area (Å²) in [6.45, 7) is 0. The van der Waals surface area contributed by atoms with Crippen molar-refractivity contribution in [3.63, 3.8) is 0 Å². The van der Waals surface area contributed by atoms with Crippen LogP contribution >= 0.6 is 54.1 Å². The molecule has 4 nitrogen and oxygen atoms in total. The minimum absolute atomic E-state index is 0. The second kappa shape index (κ2) is 10.5. The van der Waals surface area contributed by atoms with Gasteiger partial charge in [-0.25, -0.2) is 0 Å². The maximum absolute atomic E-state index is 4.86. The Balaban J connectivity index is 0.00000128. The molecule has 0 atom stereocenters. The van der Waals surface area contributed by atoms with Gasteiger partial charge in [-0.05, 0) is 40.1 Å². The number of nitrogens with zero attached hydrogens (tertiary/aromatic N) is 4. The van der Waals surface area contributed by atoms with E-state index in [1.165, 1.54) is 44.3 Å². The molecular formula is C4N4S7Y2-2. The third kappa shape index (κ3) is 7.40. The van der Waals surface area contributed by atoms with Gasteiger partial charge in [0.1, 0.15) is 0 Å². The zero-order valence-corrected chi connectivity index (χ0v) is 19.2. The van der Waals surface area contributed by atoms with Gasteiger partial charge in [-0.3, -0.25) is 0 Å². The van der Waals surface area contributed by atoms with Gasteiger partial charge in [-0.2, -0.15) is 20.4 Å². The summed E-state index contributed by atoms with van der Waals surface area (Å²) in [5.74, 6) is 0. The minimum atomic E-state index is 0. The number of aromatic nitrogens is 4. The van der Waals surface area contributed by atoms with Crippen molar-refractivity contribution in [3.8, 4) is 0 Å². The third-order valence-electron chi connectivity index (χ3n) is 0.986. The molecule has 0 unspecified atom stereocenters. The Bertz CT molecular complexity index is 406. The molecule has 0 saturated heterocycles. The van der Waals surface area contributed by atoms with Crippen LogP contribution in [-0.4, -0.2) is 20.4 Å². The van der Waals surface area contributed by atoms with Crippen LogP contribution in [0.4, 0.5) is 0 Å². The van der Waals surface area contributed by atoms with Crippen LogP contribution in [0.25, 0.3) is 0 Å². The van der Waals surface area contributed by atoms with E-state index in [1.54, 1.807) is 9.83 Å². The van der Waals surface area contributed by atoms with Crippen LogP contribution in [0.15, 0.2) is 17.4 Å². The van der Waals surface area contributed by atoms with Crippen LogP contribution in [0, 0.1) is 0 Å². The Morgan fingerprint density at radius 2 is 1.18 bits per heavy atom. The van der Waals surface area contributed by atoms with Crippen LogP contribution in [0.2, 0.25) is 0 Å². The van der Waals surface area contributed by atoms with E-state index in [1.807, 2.05) is 0 Å². The van der Waals surface area contributed by atoms with Crippen LogP contribution in [0.3, 0.4) is 0 Å². The minimum Gasteiger partial charge on any atom is -0.406 e. The molecule has 0 aliphatic heterocycles. The largest absolute Gasteiger partial charge is 0.406 e. The summed E-state index contributed by atoms with van der Waals surface area (Å²) in [4.78, 5) is 0. The molecule has 0 amide bonds. The first-order chi connectivity index (χ1) is 7.24. The van der Waals surface area contributed by atoms with Crippen molar-refractivity contribution < 1.29 is 65.4 Å². The summed E-state index contributed by atoms with van der Waals surface area (Å²) in [6, 6.07) is 0. The number of rotatable bonds is 4. The van der Waals surface area contributed by atoms with Gasteiger partial charge in [0.25, 0.3) is 0 Å². The molecule has 0 bridgehead atoms. The molecule has 86 valence electrons. The van der Waals surface area contributed by atoms with Crippen molar-refractivity contribution in [2.24, 2.45) is 0 Å². The van der Waals surface area contributed by atoms with Crippen molar-refractivity contribution in [2.75, 3.05) is 0 Å². The molecule has 2 aromatic heterocycles. The summed E-state index contributed by atoms with van der Waals surface area (Å²) in [5.41, 5.74) is 0. The van der Waals surface area contributed by atoms with Gasteiger partial charge in [0.15, 0.2) is 0 Å². The summed E-state index contributed by atoms with van der Waals surface area (Å²) >= 11 is 12.5. The average Bonchev–Trinajstić information content (AvgIpc) is 2.76. The molecule has 0 aliphatic rings. The molecule has 2 aromatic rings. The van der Waals surface area contributed by atoms with E-state index in [9.17, 15) is 0 Å². The second-order valence-electron chi connectivity index (χ2n) is 1.90. The smallest absolute Gasteiger partial charge is 0.0921 e. The molecule has 2 rings (SSSR count). The van der Waals surface area contributed by atoms with Crippen LogP contribution in [-0.2, 0) is 90.7 Å². The third-order valence-corrected chi connectivity index (χ3v) is 7.47. The SMILES string of the molecule is [S-]c1nnc(SSSc2nnc([S-])s2)s1.[Y].[Y]. The fourth-order valence-corrected chi connectivity index (χ4v) is 7.20. The van der Waals surface area contributed by atoms with E-state index in [4.69, 9.17) is 25.3 Å². The van der Waals surface area contributed by atoms with Crippen LogP contribution < -0.4 is 0 Å². The molecule has 0 saturated carbocycles. The quantitative estimate of drug-likeness (QED) is 0.460. The van der Waals surface area contributed by atoms with Crippen molar-refractivity contribution in [3.05, 3.63) is 0 Å². The predicted molar refractivity (Wildman–Crippen MR) is 70.4 cm³/mol. The Kier molecular flexibility index (Phi) is 12.3. The maximum Gasteiger partial charge on any atom is 0.0921 e. The van der Waals surface area contributed by atoms with Gasteiger partial charge in [-0.1, -0.05) is 0 Å². The van der Waals surface area contributed by atoms with E-state index >= 15 is 0 Å². The molecule has 0 spiro atoms. The van der Waals surface area contributed by atoms with Crippen LogP contribution in [0.5, 0.6) is 0 Å². The van der Waals surface area contributed by atoms with Gasteiger partial charge in [0, 0.05) is 65.4 Å². The van der Waals surface area contributed by atoms with E-state index < -0.39 is 0 Å². The molecule has 0 fully saturated rings. The predicted octanol–water partition coefficient (Wildman–Crippen LogP) is 2.64. The summed E-state index contributed by atoms with van der Waals surface area (Å²) in [5, 5.41) is 15.3. The summed E-state index contributed by atoms with van der Waals surface area (Å²) in [6.07, 6.45) is 0. The van der Waals surface area contributed by atoms with Crippen LogP contribution in [0.1, 0.15) is 0 Å². The maximum atomic E-state index is 4.86. The monoisotopic (exact) mass is 506 g/mol. The molecule has 0 N–H and O–H groups in total. The second-order valence-corrected chi connectivity index (χ2v) is 9.54. The zero-order chi connectivity index (χ0) is 10.7. The summed E-state index contributed by atoms with van der Waals surface area (Å²) < 4.78 is 2.82. The van der Waals surface area contributed by atoms with Crippen molar-refractivity contribution in [1.29, 1.82) is 0 Å². The Labute approximate surface area is 179 Å². The molecule has 0 aliphatic carbocycles. The Morgan fingerprint density at radius 3 is 1.47 bits per heavy atom. The Hall–Kier alpha value is 2.82. The Morgan fingerprint density at radius 1 is 0.765 bits per heavy atom. The van der Waals surface area contributed by atoms with Gasteiger partial charge < -0.3 is 47.9 Å². The van der Waals surface area contributed by atoms with Gasteiger partial charge in [0.05, 0.1) is 8.68 Å². The molecule has 2 heterocycles. The van der Waals surface area contributed by atoms with Crippen molar-refractivity contribution in [2.45, 2.75) is 17.4 Å². The molecule has 0 aromatic carbocycles. The van der Waals surface area contributed by atoms with Gasteiger partial charge >= 0.3 is 0 Å². The first kappa shape index (κ1) is 19.8. The zero-order valence-electron chi connectivity index (χ0n) is 7.80. The molecule has 13 heteroatoms. The topological polar surface area (TPSA) is 51.6 Å². The van der Waals surface area contributed by atoms with E-state index in [-0.39, 0.29) is 65.4 Å². The number of hydrogen-bond acceptors (Lipinski definition) is 11. The van der Waals surface area contributed by atoms with Gasteiger partial charge in [-0.15, -0.1) is 0 Å². The normalized spacial score (nSPS) is 9.41. The van der Waals surface area contributed by atoms with E-state index in [2.05, 4.69) is 20.4 Å². The summed E-state index contributed by atoms with van der Waals surface area (Å²) in [7, 11) is 4.56. The van der Waals surface area contributed by atoms with Gasteiger partial charge in [0.2, 0.25) is 0 Å². The van der Waals surface area contributed by atoms with Crippen molar-refractivity contribution in [1.82, 2.24) is 20.4 Å². The number of hydrogen-bond donors (Lipinski definition) is 0. The van der Waals surface area contributed by atoms with E-state index in [0.29, 0.717) is 8.68 Å². The van der Waals surface area contributed by atoms with E-state index in [0.717, 1.165) is 8.68 Å². The first-order valence-corrected chi connectivity index (χ1v) is 9.19. The van der Waals surface area contributed by atoms with Crippen molar-refractivity contribution >= 4 is 79.3 Å². The standard InChI is InChI=1S/C4H2N4S7.2Y/c9-1-5-7-3(11-1)13-15-14-4-8-6-2(10)12-4;;/h(H,5,9)(H,6,10);;/p-2. The molecule has 17 heavy (non-hydrogen) atoms. The average molecular weight is 506 g/mol. The molecular weight excluding hydrogens is 506 g/mol. The fourth-order valence-electron chi connectivity index (χ4n) is 0.537. The first-order valence-electron chi connectivity index (χ1n) is 3.26. The molecule has 2 radical (unpaired) electrons.